The van der Waals surface area contributed by atoms with Gasteiger partial charge in [0.05, 0.1) is 21.9 Å². The lowest BCUT2D eigenvalue weighted by Gasteiger charge is -2.21. The van der Waals surface area contributed by atoms with Crippen LogP contribution in [0.3, 0.4) is 0 Å². The Morgan fingerprint density at radius 3 is 2.48 bits per heavy atom. The Morgan fingerprint density at radius 1 is 1.12 bits per heavy atom. The van der Waals surface area contributed by atoms with Crippen molar-refractivity contribution >= 4 is 23.0 Å². The molecule has 1 N–H and O–H groups in total. The third-order valence-corrected chi connectivity index (χ3v) is 4.06. The molecule has 6 nitrogen and oxygen atoms in total. The van der Waals surface area contributed by atoms with Gasteiger partial charge in [-0.2, -0.15) is 0 Å². The molecule has 1 amide bonds. The Labute approximate surface area is 142 Å². The van der Waals surface area contributed by atoms with Crippen LogP contribution in [0.4, 0.5) is 25.8 Å². The number of rotatable bonds is 4. The molecular formula is C17H15F2N3O3. The smallest absolute Gasteiger partial charge is 0.270 e. The molecule has 0 aromatic heterocycles. The highest BCUT2D eigenvalue weighted by Gasteiger charge is 2.23. The summed E-state index contributed by atoms with van der Waals surface area (Å²) >= 11 is 0. The zero-order chi connectivity index (χ0) is 18.0. The monoisotopic (exact) mass is 347 g/mol. The number of nitrogens with zero attached hydrogens (tertiary/aromatic N) is 2. The average Bonchev–Trinajstić information content (AvgIpc) is 3.11. The number of hydrogen-bond acceptors (Lipinski definition) is 4. The van der Waals surface area contributed by atoms with Gasteiger partial charge in [0.25, 0.3) is 11.6 Å². The number of anilines is 2. The topological polar surface area (TPSA) is 75.5 Å². The van der Waals surface area contributed by atoms with Crippen molar-refractivity contribution in [3.63, 3.8) is 0 Å². The highest BCUT2D eigenvalue weighted by molar-refractivity contribution is 6.08. The first kappa shape index (κ1) is 16.8. The predicted octanol–water partition coefficient (Wildman–Crippen LogP) is 3.73. The summed E-state index contributed by atoms with van der Waals surface area (Å²) in [5.74, 6) is -2.36. The van der Waals surface area contributed by atoms with Crippen molar-refractivity contribution in [2.24, 2.45) is 0 Å². The normalized spacial score (nSPS) is 13.8. The summed E-state index contributed by atoms with van der Waals surface area (Å²) in [5, 5.41) is 13.4. The lowest BCUT2D eigenvalue weighted by molar-refractivity contribution is -0.384. The minimum absolute atomic E-state index is 0.0832. The molecule has 0 saturated carbocycles. The molecule has 0 bridgehead atoms. The highest BCUT2D eigenvalue weighted by Crippen LogP contribution is 2.29. The molecule has 0 unspecified atom stereocenters. The van der Waals surface area contributed by atoms with Crippen molar-refractivity contribution in [3.05, 3.63) is 63.7 Å². The van der Waals surface area contributed by atoms with Gasteiger partial charge < -0.3 is 10.2 Å². The second-order valence-corrected chi connectivity index (χ2v) is 5.73. The molecule has 130 valence electrons. The van der Waals surface area contributed by atoms with Gasteiger partial charge in [-0.1, -0.05) is 0 Å². The SMILES string of the molecule is O=C(Nc1ccc(F)cc1F)c1cc([N+](=O)[O-])ccc1N1CCCC1. The molecule has 0 atom stereocenters. The molecular weight excluding hydrogens is 332 g/mol. The Bertz CT molecular complexity index is 836. The number of carbonyl (C=O) groups is 1. The van der Waals surface area contributed by atoms with Crippen LogP contribution in [0.25, 0.3) is 0 Å². The van der Waals surface area contributed by atoms with Crippen LogP contribution >= 0.6 is 0 Å². The number of nitrogens with one attached hydrogen (secondary N) is 1. The molecule has 3 rings (SSSR count). The first-order valence-corrected chi connectivity index (χ1v) is 7.75. The number of carbonyl (C=O) groups excluding carboxylic acids is 1. The number of hydrogen-bond donors (Lipinski definition) is 1. The van der Waals surface area contributed by atoms with Crippen LogP contribution in [-0.4, -0.2) is 23.9 Å². The summed E-state index contributed by atoms with van der Waals surface area (Å²) in [7, 11) is 0. The van der Waals surface area contributed by atoms with Gasteiger partial charge in [0.1, 0.15) is 11.6 Å². The molecule has 25 heavy (non-hydrogen) atoms. The summed E-state index contributed by atoms with van der Waals surface area (Å²) in [6, 6.07) is 6.82. The van der Waals surface area contributed by atoms with Gasteiger partial charge in [0, 0.05) is 31.3 Å². The lowest BCUT2D eigenvalue weighted by Crippen LogP contribution is -2.23. The van der Waals surface area contributed by atoms with E-state index in [4.69, 9.17) is 0 Å². The number of nitro benzene ring substituents is 1. The molecule has 1 heterocycles. The van der Waals surface area contributed by atoms with Crippen LogP contribution in [0.2, 0.25) is 0 Å². The van der Waals surface area contributed by atoms with E-state index in [2.05, 4.69) is 5.32 Å². The largest absolute Gasteiger partial charge is 0.371 e. The zero-order valence-electron chi connectivity index (χ0n) is 13.2. The summed E-state index contributed by atoms with van der Waals surface area (Å²) in [6.45, 7) is 1.48. The van der Waals surface area contributed by atoms with E-state index in [9.17, 15) is 23.7 Å². The van der Waals surface area contributed by atoms with Gasteiger partial charge in [-0.15, -0.1) is 0 Å². The molecule has 1 aliphatic rings. The van der Waals surface area contributed by atoms with E-state index < -0.39 is 22.5 Å². The third kappa shape index (κ3) is 3.57. The lowest BCUT2D eigenvalue weighted by atomic mass is 10.1. The molecule has 2 aromatic carbocycles. The van der Waals surface area contributed by atoms with Crippen LogP contribution in [0.15, 0.2) is 36.4 Å². The zero-order valence-corrected chi connectivity index (χ0v) is 13.2. The third-order valence-electron chi connectivity index (χ3n) is 4.06. The van der Waals surface area contributed by atoms with Gasteiger partial charge >= 0.3 is 0 Å². The fourth-order valence-corrected chi connectivity index (χ4v) is 2.83. The first-order valence-electron chi connectivity index (χ1n) is 7.75. The summed E-state index contributed by atoms with van der Waals surface area (Å²) in [5.41, 5.74) is 0.223. The minimum atomic E-state index is -0.915. The summed E-state index contributed by atoms with van der Waals surface area (Å²) in [6.07, 6.45) is 1.93. The van der Waals surface area contributed by atoms with E-state index >= 15 is 0 Å². The van der Waals surface area contributed by atoms with Gasteiger partial charge in [-0.05, 0) is 31.0 Å². The Hall–Kier alpha value is -3.03. The average molecular weight is 347 g/mol. The summed E-state index contributed by atoms with van der Waals surface area (Å²) in [4.78, 5) is 25.0. The van der Waals surface area contributed by atoms with E-state index in [0.29, 0.717) is 11.8 Å². The van der Waals surface area contributed by atoms with Gasteiger partial charge in [-0.25, -0.2) is 8.78 Å². The van der Waals surface area contributed by atoms with Gasteiger partial charge in [-0.3, -0.25) is 14.9 Å². The molecule has 1 fully saturated rings. The second kappa shape index (κ2) is 6.84. The van der Waals surface area contributed by atoms with Crippen molar-refractivity contribution in [2.75, 3.05) is 23.3 Å². The number of halogens is 2. The van der Waals surface area contributed by atoms with Crippen molar-refractivity contribution in [3.8, 4) is 0 Å². The fraction of sp³-hybridized carbons (Fsp3) is 0.235. The number of benzene rings is 2. The van der Waals surface area contributed by atoms with Gasteiger partial charge in [0.15, 0.2) is 0 Å². The summed E-state index contributed by atoms with van der Waals surface area (Å²) < 4.78 is 26.7. The van der Waals surface area contributed by atoms with Crippen LogP contribution in [0, 0.1) is 21.7 Å². The van der Waals surface area contributed by atoms with Crippen LogP contribution in [0.5, 0.6) is 0 Å². The van der Waals surface area contributed by atoms with E-state index in [0.717, 1.165) is 38.1 Å². The standard InChI is InChI=1S/C17H15F2N3O3/c18-11-3-5-15(14(19)9-11)20-17(23)13-10-12(22(24)25)4-6-16(13)21-7-1-2-8-21/h3-6,9-10H,1-2,7-8H2,(H,20,23). The number of non-ortho nitro benzene ring substituents is 1. The van der Waals surface area contributed by atoms with E-state index in [-0.39, 0.29) is 16.9 Å². The maximum Gasteiger partial charge on any atom is 0.270 e. The van der Waals surface area contributed by atoms with Crippen LogP contribution < -0.4 is 10.2 Å². The van der Waals surface area contributed by atoms with Crippen LogP contribution in [-0.2, 0) is 0 Å². The van der Waals surface area contributed by atoms with Crippen molar-refractivity contribution in [1.82, 2.24) is 0 Å². The Morgan fingerprint density at radius 2 is 1.84 bits per heavy atom. The van der Waals surface area contributed by atoms with Crippen molar-refractivity contribution < 1.29 is 18.5 Å². The minimum Gasteiger partial charge on any atom is -0.371 e. The molecule has 0 aliphatic carbocycles. The van der Waals surface area contributed by atoms with Crippen molar-refractivity contribution in [1.29, 1.82) is 0 Å². The molecule has 2 aromatic rings. The molecule has 0 radical (unpaired) electrons. The Kier molecular flexibility index (Phi) is 4.60. The Balaban J connectivity index is 1.96. The first-order chi connectivity index (χ1) is 12.0. The quantitative estimate of drug-likeness (QED) is 0.675. The van der Waals surface area contributed by atoms with Crippen LogP contribution in [0.1, 0.15) is 23.2 Å². The van der Waals surface area contributed by atoms with Gasteiger partial charge in [0.2, 0.25) is 0 Å². The maximum absolute atomic E-state index is 13.8. The van der Waals surface area contributed by atoms with E-state index in [1.807, 2.05) is 4.90 Å². The van der Waals surface area contributed by atoms with Crippen molar-refractivity contribution in [2.45, 2.75) is 12.8 Å². The van der Waals surface area contributed by atoms with E-state index in [1.54, 1.807) is 0 Å². The number of amides is 1. The molecule has 1 aliphatic heterocycles. The fourth-order valence-electron chi connectivity index (χ4n) is 2.83. The highest BCUT2D eigenvalue weighted by atomic mass is 19.1. The molecule has 8 heteroatoms. The number of nitro groups is 1. The maximum atomic E-state index is 13.8. The predicted molar refractivity (Wildman–Crippen MR) is 88.9 cm³/mol. The van der Waals surface area contributed by atoms with E-state index in [1.165, 1.54) is 18.2 Å². The molecule has 1 saturated heterocycles. The molecule has 0 spiro atoms. The second-order valence-electron chi connectivity index (χ2n) is 5.73.